The van der Waals surface area contributed by atoms with Crippen LogP contribution in [-0.2, 0) is 9.59 Å². The topological polar surface area (TPSA) is 80.5 Å². The van der Waals surface area contributed by atoms with Crippen molar-refractivity contribution >= 4 is 17.6 Å². The second-order valence-electron chi connectivity index (χ2n) is 6.39. The van der Waals surface area contributed by atoms with Crippen molar-refractivity contribution in [2.45, 2.75) is 45.1 Å². The van der Waals surface area contributed by atoms with Crippen LogP contribution in [0.2, 0.25) is 0 Å². The number of carbonyl (C=O) groups excluding carboxylic acids is 3. The van der Waals surface area contributed by atoms with Gasteiger partial charge in [0.2, 0.25) is 11.8 Å². The molecule has 0 aliphatic carbocycles. The molecule has 6 heteroatoms. The smallest absolute Gasteiger partial charge is 0.226 e. The Morgan fingerprint density at radius 1 is 1.33 bits per heavy atom. The van der Waals surface area contributed by atoms with Crippen molar-refractivity contribution in [1.82, 2.24) is 4.90 Å². The lowest BCUT2D eigenvalue weighted by Gasteiger charge is -2.36. The van der Waals surface area contributed by atoms with Crippen LogP contribution in [0.4, 0.5) is 4.39 Å². The van der Waals surface area contributed by atoms with E-state index in [0.717, 1.165) is 19.3 Å². The average molecular weight is 334 g/mol. The first kappa shape index (κ1) is 18.1. The fourth-order valence-electron chi connectivity index (χ4n) is 3.16. The Kier molecular flexibility index (Phi) is 6.06. The van der Waals surface area contributed by atoms with Crippen LogP contribution in [0.1, 0.15) is 49.4 Å². The number of halogens is 1. The Morgan fingerprint density at radius 2 is 2.08 bits per heavy atom. The minimum Gasteiger partial charge on any atom is -0.370 e. The summed E-state index contributed by atoms with van der Waals surface area (Å²) in [7, 11) is 0. The van der Waals surface area contributed by atoms with E-state index in [-0.39, 0.29) is 36.1 Å². The van der Waals surface area contributed by atoms with Crippen molar-refractivity contribution in [2.24, 2.45) is 11.7 Å². The molecule has 1 saturated heterocycles. The van der Waals surface area contributed by atoms with Gasteiger partial charge in [-0.15, -0.1) is 0 Å². The molecule has 0 spiro atoms. The highest BCUT2D eigenvalue weighted by Gasteiger charge is 2.31. The summed E-state index contributed by atoms with van der Waals surface area (Å²) < 4.78 is 13.2. The number of benzene rings is 1. The summed E-state index contributed by atoms with van der Waals surface area (Å²) >= 11 is 0. The van der Waals surface area contributed by atoms with Crippen LogP contribution in [0.5, 0.6) is 0 Å². The molecule has 2 N–H and O–H groups in total. The van der Waals surface area contributed by atoms with Gasteiger partial charge in [-0.05, 0) is 31.4 Å². The lowest BCUT2D eigenvalue weighted by molar-refractivity contribution is -0.139. The summed E-state index contributed by atoms with van der Waals surface area (Å²) in [5, 5.41) is 0. The number of primary amides is 1. The number of rotatable bonds is 6. The van der Waals surface area contributed by atoms with Gasteiger partial charge in [0.25, 0.3) is 0 Å². The number of piperidine rings is 1. The van der Waals surface area contributed by atoms with Crippen LogP contribution in [0, 0.1) is 11.7 Å². The van der Waals surface area contributed by atoms with E-state index in [2.05, 4.69) is 0 Å². The molecule has 1 aromatic carbocycles. The maximum absolute atomic E-state index is 13.2. The first-order valence-corrected chi connectivity index (χ1v) is 8.26. The van der Waals surface area contributed by atoms with Gasteiger partial charge in [0, 0.05) is 36.9 Å². The van der Waals surface area contributed by atoms with Gasteiger partial charge in [-0.1, -0.05) is 19.1 Å². The summed E-state index contributed by atoms with van der Waals surface area (Å²) in [5.41, 5.74) is 5.53. The van der Waals surface area contributed by atoms with Gasteiger partial charge in [-0.2, -0.15) is 0 Å². The molecule has 0 unspecified atom stereocenters. The zero-order valence-corrected chi connectivity index (χ0v) is 13.8. The van der Waals surface area contributed by atoms with Gasteiger partial charge >= 0.3 is 0 Å². The number of Topliss-reactive ketones (excluding diaryl/α,β-unsaturated/α-hetero) is 1. The van der Waals surface area contributed by atoms with Crippen LogP contribution >= 0.6 is 0 Å². The number of amides is 2. The number of hydrogen-bond acceptors (Lipinski definition) is 3. The van der Waals surface area contributed by atoms with E-state index in [1.165, 1.54) is 18.2 Å². The van der Waals surface area contributed by atoms with E-state index in [1.54, 1.807) is 17.9 Å². The molecule has 0 saturated carbocycles. The molecule has 0 radical (unpaired) electrons. The largest absolute Gasteiger partial charge is 0.370 e. The first-order valence-electron chi connectivity index (χ1n) is 8.26. The molecule has 0 aromatic heterocycles. The van der Waals surface area contributed by atoms with Gasteiger partial charge in [-0.25, -0.2) is 4.39 Å². The third-order valence-corrected chi connectivity index (χ3v) is 4.41. The van der Waals surface area contributed by atoms with E-state index >= 15 is 0 Å². The maximum Gasteiger partial charge on any atom is 0.226 e. The lowest BCUT2D eigenvalue weighted by atomic mass is 9.94. The monoisotopic (exact) mass is 334 g/mol. The first-order chi connectivity index (χ1) is 11.4. The molecule has 130 valence electrons. The van der Waals surface area contributed by atoms with E-state index in [0.29, 0.717) is 6.54 Å². The van der Waals surface area contributed by atoms with E-state index in [9.17, 15) is 18.8 Å². The van der Waals surface area contributed by atoms with E-state index in [4.69, 9.17) is 5.73 Å². The third kappa shape index (κ3) is 4.63. The zero-order valence-electron chi connectivity index (χ0n) is 13.8. The van der Waals surface area contributed by atoms with Crippen LogP contribution in [-0.4, -0.2) is 35.1 Å². The van der Waals surface area contributed by atoms with Crippen LogP contribution < -0.4 is 5.73 Å². The lowest BCUT2D eigenvalue weighted by Crippen LogP contribution is -2.47. The molecular formula is C18H23FN2O3. The predicted octanol–water partition coefficient (Wildman–Crippen LogP) is 2.29. The second kappa shape index (κ2) is 8.04. The van der Waals surface area contributed by atoms with E-state index < -0.39 is 17.6 Å². The van der Waals surface area contributed by atoms with Crippen molar-refractivity contribution in [3.05, 3.63) is 35.6 Å². The van der Waals surface area contributed by atoms with Gasteiger partial charge in [0.1, 0.15) is 5.82 Å². The van der Waals surface area contributed by atoms with Gasteiger partial charge in [0.15, 0.2) is 5.78 Å². The predicted molar refractivity (Wildman–Crippen MR) is 87.7 cm³/mol. The summed E-state index contributed by atoms with van der Waals surface area (Å²) in [4.78, 5) is 37.8. The van der Waals surface area contributed by atoms with E-state index in [1.807, 2.05) is 0 Å². The summed E-state index contributed by atoms with van der Waals surface area (Å²) in [6.07, 6.45) is 2.75. The minimum atomic E-state index is -0.519. The Hall–Kier alpha value is -2.24. The van der Waals surface area contributed by atoms with Gasteiger partial charge < -0.3 is 10.6 Å². The number of hydrogen-bond donors (Lipinski definition) is 1. The van der Waals surface area contributed by atoms with Crippen LogP contribution in [0.25, 0.3) is 0 Å². The normalized spacial score (nSPS) is 18.9. The number of nitrogens with two attached hydrogens (primary N) is 1. The molecule has 2 atom stereocenters. The average Bonchev–Trinajstić information content (AvgIpc) is 2.54. The van der Waals surface area contributed by atoms with Crippen LogP contribution in [0.15, 0.2) is 24.3 Å². The number of ketones is 1. The number of carbonyl (C=O) groups is 3. The molecule has 1 aliphatic rings. The van der Waals surface area contributed by atoms with Crippen molar-refractivity contribution in [3.8, 4) is 0 Å². The molecule has 2 rings (SSSR count). The molecule has 1 aliphatic heterocycles. The number of likely N-dealkylation sites (tertiary alicyclic amines) is 1. The Bertz CT molecular complexity index is 632. The third-order valence-electron chi connectivity index (χ3n) is 4.41. The highest BCUT2D eigenvalue weighted by Crippen LogP contribution is 2.23. The molecule has 5 nitrogen and oxygen atoms in total. The van der Waals surface area contributed by atoms with Crippen molar-refractivity contribution in [1.29, 1.82) is 0 Å². The second-order valence-corrected chi connectivity index (χ2v) is 6.39. The minimum absolute atomic E-state index is 0.0160. The summed E-state index contributed by atoms with van der Waals surface area (Å²) in [6.45, 7) is 2.27. The van der Waals surface area contributed by atoms with Gasteiger partial charge in [0.05, 0.1) is 0 Å². The van der Waals surface area contributed by atoms with Crippen molar-refractivity contribution in [2.75, 3.05) is 6.54 Å². The molecule has 2 amide bonds. The summed E-state index contributed by atoms with van der Waals surface area (Å²) in [5.74, 6) is -1.83. The fourth-order valence-corrected chi connectivity index (χ4v) is 3.16. The Morgan fingerprint density at radius 3 is 2.75 bits per heavy atom. The zero-order chi connectivity index (χ0) is 17.7. The molecule has 1 aromatic rings. The van der Waals surface area contributed by atoms with Crippen molar-refractivity contribution < 1.29 is 18.8 Å². The highest BCUT2D eigenvalue weighted by atomic mass is 19.1. The standard InChI is InChI=1S/C18H23FN2O3/c1-12(9-16(22)13-5-4-6-14(19)10-13)18(24)21-8-3-2-7-15(21)11-17(20)23/h4-6,10,12,15H,2-3,7-9,11H2,1H3,(H2,20,23)/t12-,15-/m0/s1. The van der Waals surface area contributed by atoms with Crippen LogP contribution in [0.3, 0.4) is 0 Å². The molecule has 24 heavy (non-hydrogen) atoms. The molecule has 0 bridgehead atoms. The quantitative estimate of drug-likeness (QED) is 0.811. The molecule has 1 fully saturated rings. The Labute approximate surface area is 141 Å². The maximum atomic E-state index is 13.2. The Balaban J connectivity index is 2.02. The number of nitrogens with zero attached hydrogens (tertiary/aromatic N) is 1. The van der Waals surface area contributed by atoms with Crippen molar-refractivity contribution in [3.63, 3.8) is 0 Å². The molecular weight excluding hydrogens is 311 g/mol. The SMILES string of the molecule is C[C@@H](CC(=O)c1cccc(F)c1)C(=O)N1CCCC[C@H]1CC(N)=O. The summed E-state index contributed by atoms with van der Waals surface area (Å²) in [6, 6.07) is 5.28. The van der Waals surface area contributed by atoms with Gasteiger partial charge in [-0.3, -0.25) is 14.4 Å². The fraction of sp³-hybridized carbons (Fsp3) is 0.500. The molecule has 1 heterocycles. The highest BCUT2D eigenvalue weighted by molar-refractivity contribution is 5.98.